The third-order valence-corrected chi connectivity index (χ3v) is 4.06. The molecule has 1 atom stereocenters. The van der Waals surface area contributed by atoms with Gasteiger partial charge in [0, 0.05) is 19.6 Å². The van der Waals surface area contributed by atoms with Gasteiger partial charge in [0.15, 0.2) is 11.5 Å². The number of carbonyl (C=O) groups excluding carboxylic acids is 1. The van der Waals surface area contributed by atoms with Gasteiger partial charge < -0.3 is 24.4 Å². The first-order chi connectivity index (χ1) is 10.6. The number of ether oxygens (including phenoxy) is 3. The summed E-state index contributed by atoms with van der Waals surface area (Å²) in [6, 6.07) is 3.91. The van der Waals surface area contributed by atoms with Gasteiger partial charge in [-0.15, -0.1) is 12.4 Å². The molecule has 0 bridgehead atoms. The standard InChI is InChI=1S/C16H24N2O4.ClH/c1-18(12-5-6-17-10-12)15(19)9-11-7-13(20-2)16(22-4)14(8-11)21-3;/h7-8,12,17H,5-6,9-10H2,1-4H3;1H. The number of carbonyl (C=O) groups is 1. The Morgan fingerprint density at radius 1 is 1.22 bits per heavy atom. The fourth-order valence-corrected chi connectivity index (χ4v) is 2.71. The average Bonchev–Trinajstić information content (AvgIpc) is 3.07. The van der Waals surface area contributed by atoms with Crippen LogP contribution in [0.4, 0.5) is 0 Å². The maximum Gasteiger partial charge on any atom is 0.227 e. The predicted molar refractivity (Wildman–Crippen MR) is 91.1 cm³/mol. The molecule has 1 fully saturated rings. The normalized spacial score (nSPS) is 16.4. The fraction of sp³-hybridized carbons (Fsp3) is 0.562. The lowest BCUT2D eigenvalue weighted by molar-refractivity contribution is -0.130. The van der Waals surface area contributed by atoms with Crippen molar-refractivity contribution in [2.24, 2.45) is 0 Å². The highest BCUT2D eigenvalue weighted by molar-refractivity contribution is 5.85. The predicted octanol–water partition coefficient (Wildman–Crippen LogP) is 1.50. The van der Waals surface area contributed by atoms with Crippen LogP contribution in [0.2, 0.25) is 0 Å². The molecular weight excluding hydrogens is 320 g/mol. The highest BCUT2D eigenvalue weighted by Crippen LogP contribution is 2.38. The van der Waals surface area contributed by atoms with E-state index >= 15 is 0 Å². The molecule has 1 aliphatic rings. The number of halogens is 1. The minimum Gasteiger partial charge on any atom is -0.493 e. The number of benzene rings is 1. The first kappa shape index (κ1) is 19.4. The van der Waals surface area contributed by atoms with Crippen LogP contribution in [-0.4, -0.2) is 58.3 Å². The van der Waals surface area contributed by atoms with Crippen molar-refractivity contribution < 1.29 is 19.0 Å². The van der Waals surface area contributed by atoms with Gasteiger partial charge in [0.2, 0.25) is 11.7 Å². The van der Waals surface area contributed by atoms with Crippen LogP contribution in [-0.2, 0) is 11.2 Å². The number of hydrogen-bond donors (Lipinski definition) is 1. The molecule has 0 aromatic heterocycles. The number of hydrogen-bond acceptors (Lipinski definition) is 5. The molecular formula is C16H25ClN2O4. The Balaban J connectivity index is 0.00000264. The van der Waals surface area contributed by atoms with Gasteiger partial charge in [-0.2, -0.15) is 0 Å². The Hall–Kier alpha value is -1.66. The van der Waals surface area contributed by atoms with Gasteiger partial charge in [-0.1, -0.05) is 0 Å². The number of nitrogens with zero attached hydrogens (tertiary/aromatic N) is 1. The third-order valence-electron chi connectivity index (χ3n) is 4.06. The molecule has 7 heteroatoms. The molecule has 1 unspecified atom stereocenters. The smallest absolute Gasteiger partial charge is 0.227 e. The number of rotatable bonds is 6. The fourth-order valence-electron chi connectivity index (χ4n) is 2.71. The molecule has 130 valence electrons. The Kier molecular flexibility index (Phi) is 7.45. The van der Waals surface area contributed by atoms with Crippen molar-refractivity contribution >= 4 is 18.3 Å². The van der Waals surface area contributed by atoms with Crippen LogP contribution in [0.25, 0.3) is 0 Å². The molecule has 0 saturated carbocycles. The van der Waals surface area contributed by atoms with Crippen LogP contribution in [0.1, 0.15) is 12.0 Å². The van der Waals surface area contributed by atoms with Crippen molar-refractivity contribution in [2.45, 2.75) is 18.9 Å². The highest BCUT2D eigenvalue weighted by Gasteiger charge is 2.24. The summed E-state index contributed by atoms with van der Waals surface area (Å²) in [4.78, 5) is 14.3. The Labute approximate surface area is 143 Å². The van der Waals surface area contributed by atoms with E-state index < -0.39 is 0 Å². The van der Waals surface area contributed by atoms with E-state index in [1.807, 2.05) is 24.1 Å². The van der Waals surface area contributed by atoms with Crippen molar-refractivity contribution in [3.8, 4) is 17.2 Å². The Morgan fingerprint density at radius 3 is 2.26 bits per heavy atom. The SMILES string of the molecule is COc1cc(CC(=O)N(C)C2CCNC2)cc(OC)c1OC.Cl. The second-order valence-corrected chi connectivity index (χ2v) is 5.36. The molecule has 1 aliphatic heterocycles. The first-order valence-electron chi connectivity index (χ1n) is 7.36. The van der Waals surface area contributed by atoms with E-state index in [1.165, 1.54) is 0 Å². The number of nitrogens with one attached hydrogen (secondary N) is 1. The summed E-state index contributed by atoms with van der Waals surface area (Å²) >= 11 is 0. The van der Waals surface area contributed by atoms with Gasteiger partial charge in [-0.05, 0) is 30.7 Å². The Bertz CT molecular complexity index is 508. The zero-order valence-corrected chi connectivity index (χ0v) is 14.9. The lowest BCUT2D eigenvalue weighted by Crippen LogP contribution is -2.39. The van der Waals surface area contributed by atoms with Gasteiger partial charge in [0.1, 0.15) is 0 Å². The van der Waals surface area contributed by atoms with Crippen molar-refractivity contribution in [3.63, 3.8) is 0 Å². The van der Waals surface area contributed by atoms with E-state index in [0.29, 0.717) is 23.7 Å². The van der Waals surface area contributed by atoms with Gasteiger partial charge in [-0.3, -0.25) is 4.79 Å². The largest absolute Gasteiger partial charge is 0.493 e. The molecule has 1 saturated heterocycles. The van der Waals surface area contributed by atoms with Crippen molar-refractivity contribution in [2.75, 3.05) is 41.5 Å². The number of methoxy groups -OCH3 is 3. The van der Waals surface area contributed by atoms with Gasteiger partial charge in [0.25, 0.3) is 0 Å². The molecule has 1 heterocycles. The minimum absolute atomic E-state index is 0. The molecule has 0 aliphatic carbocycles. The van der Waals surface area contributed by atoms with Crippen LogP contribution >= 0.6 is 12.4 Å². The van der Waals surface area contributed by atoms with Crippen LogP contribution in [0.15, 0.2) is 12.1 Å². The van der Waals surface area contributed by atoms with Crippen LogP contribution in [0.5, 0.6) is 17.2 Å². The van der Waals surface area contributed by atoms with Gasteiger partial charge in [0.05, 0.1) is 27.8 Å². The molecule has 1 amide bonds. The number of amides is 1. The second kappa shape index (κ2) is 8.84. The van der Waals surface area contributed by atoms with Crippen LogP contribution in [0, 0.1) is 0 Å². The van der Waals surface area contributed by atoms with Crippen molar-refractivity contribution in [1.29, 1.82) is 0 Å². The summed E-state index contributed by atoms with van der Waals surface area (Å²) in [5.74, 6) is 1.75. The van der Waals surface area contributed by atoms with E-state index in [-0.39, 0.29) is 24.4 Å². The lowest BCUT2D eigenvalue weighted by atomic mass is 10.1. The third kappa shape index (κ3) is 4.42. The van der Waals surface area contributed by atoms with Crippen LogP contribution in [0.3, 0.4) is 0 Å². The molecule has 0 spiro atoms. The molecule has 1 aromatic carbocycles. The van der Waals surface area contributed by atoms with E-state index in [9.17, 15) is 4.79 Å². The second-order valence-electron chi connectivity index (χ2n) is 5.36. The van der Waals surface area contributed by atoms with Crippen LogP contribution < -0.4 is 19.5 Å². The summed E-state index contributed by atoms with van der Waals surface area (Å²) in [5.41, 5.74) is 0.845. The lowest BCUT2D eigenvalue weighted by Gasteiger charge is -2.24. The highest BCUT2D eigenvalue weighted by atomic mass is 35.5. The summed E-state index contributed by atoms with van der Waals surface area (Å²) < 4.78 is 15.9. The molecule has 1 aromatic rings. The van der Waals surface area contributed by atoms with E-state index in [4.69, 9.17) is 14.2 Å². The minimum atomic E-state index is 0. The first-order valence-corrected chi connectivity index (χ1v) is 7.36. The quantitative estimate of drug-likeness (QED) is 0.847. The molecule has 6 nitrogen and oxygen atoms in total. The summed E-state index contributed by atoms with van der Waals surface area (Å²) in [7, 11) is 6.56. The average molecular weight is 345 g/mol. The number of likely N-dealkylation sites (N-methyl/N-ethyl adjacent to an activating group) is 1. The molecule has 0 radical (unpaired) electrons. The van der Waals surface area contributed by atoms with E-state index in [1.54, 1.807) is 21.3 Å². The zero-order chi connectivity index (χ0) is 16.1. The zero-order valence-electron chi connectivity index (χ0n) is 14.0. The van der Waals surface area contributed by atoms with E-state index in [2.05, 4.69) is 5.32 Å². The molecule has 2 rings (SSSR count). The summed E-state index contributed by atoms with van der Waals surface area (Å²) in [5, 5.41) is 3.27. The topological polar surface area (TPSA) is 60.0 Å². The summed E-state index contributed by atoms with van der Waals surface area (Å²) in [6.45, 7) is 1.82. The Morgan fingerprint density at radius 2 is 1.83 bits per heavy atom. The van der Waals surface area contributed by atoms with Gasteiger partial charge >= 0.3 is 0 Å². The van der Waals surface area contributed by atoms with E-state index in [0.717, 1.165) is 25.1 Å². The van der Waals surface area contributed by atoms with Crippen molar-refractivity contribution in [1.82, 2.24) is 10.2 Å². The summed E-state index contributed by atoms with van der Waals surface area (Å²) in [6.07, 6.45) is 1.31. The molecule has 23 heavy (non-hydrogen) atoms. The maximum atomic E-state index is 12.4. The molecule has 1 N–H and O–H groups in total. The monoisotopic (exact) mass is 344 g/mol. The van der Waals surface area contributed by atoms with Crippen molar-refractivity contribution in [3.05, 3.63) is 17.7 Å². The van der Waals surface area contributed by atoms with Gasteiger partial charge in [-0.25, -0.2) is 0 Å². The maximum absolute atomic E-state index is 12.4.